The van der Waals surface area contributed by atoms with Gasteiger partial charge >= 0.3 is 53.6 Å². The van der Waals surface area contributed by atoms with Crippen LogP contribution in [0.15, 0.2) is 0 Å². The van der Waals surface area contributed by atoms with Crippen molar-refractivity contribution in [2.24, 2.45) is 0 Å². The van der Waals surface area contributed by atoms with Crippen LogP contribution in [0.1, 0.15) is 13.3 Å². The standard InChI is InChI=1S/C14H11F17O4S/c1-6(32)35-3-5-36(33,34)4-2-7(15,16)8(17,18)9(19,20)10(21,22)11(23,24)12(25,26)13(27,28)14(29,30)31/h2-5H2,1H3. The van der Waals surface area contributed by atoms with Gasteiger partial charge in [0.15, 0.2) is 9.84 Å². The van der Waals surface area contributed by atoms with Crippen LogP contribution in [0.4, 0.5) is 74.6 Å². The Kier molecular flexibility index (Phi) is 9.05. The minimum absolute atomic E-state index is 0.702. The molecule has 0 saturated heterocycles. The summed E-state index contributed by atoms with van der Waals surface area (Å²) < 4.78 is 250. The number of hydrogen-bond acceptors (Lipinski definition) is 4. The summed E-state index contributed by atoms with van der Waals surface area (Å²) >= 11 is 0. The highest BCUT2D eigenvalue weighted by molar-refractivity contribution is 7.91. The highest BCUT2D eigenvalue weighted by atomic mass is 32.2. The van der Waals surface area contributed by atoms with Gasteiger partial charge in [0.1, 0.15) is 6.61 Å². The topological polar surface area (TPSA) is 60.4 Å². The van der Waals surface area contributed by atoms with Gasteiger partial charge in [-0.05, 0) is 0 Å². The molecule has 0 radical (unpaired) electrons. The quantitative estimate of drug-likeness (QED) is 0.224. The van der Waals surface area contributed by atoms with Gasteiger partial charge in [-0.3, -0.25) is 4.79 Å². The molecule has 0 amide bonds. The summed E-state index contributed by atoms with van der Waals surface area (Å²) in [7, 11) is -5.05. The Morgan fingerprint density at radius 3 is 1.25 bits per heavy atom. The maximum atomic E-state index is 13.6. The molecule has 0 rings (SSSR count). The lowest BCUT2D eigenvalue weighted by molar-refractivity contribution is -0.461. The smallest absolute Gasteiger partial charge is 0.460 e. The van der Waals surface area contributed by atoms with Crippen LogP contribution in [0.5, 0.6) is 0 Å². The number of hydrogen-bond donors (Lipinski definition) is 0. The molecule has 0 fully saturated rings. The number of ether oxygens (including phenoxy) is 1. The van der Waals surface area contributed by atoms with E-state index in [2.05, 4.69) is 4.74 Å². The Hall–Kier alpha value is -1.77. The number of sulfone groups is 1. The SMILES string of the molecule is CC(=O)OCCS(=O)(=O)CCC(F)(F)C(F)(F)C(F)(F)C(F)(F)C(F)(F)C(F)(F)C(F)(F)C(F)(F)F. The Morgan fingerprint density at radius 2 is 0.917 bits per heavy atom. The van der Waals surface area contributed by atoms with E-state index < -0.39 is 88.0 Å². The van der Waals surface area contributed by atoms with Crippen molar-refractivity contribution in [2.75, 3.05) is 18.1 Å². The monoisotopic (exact) mass is 598 g/mol. The number of rotatable bonds is 12. The van der Waals surface area contributed by atoms with Crippen molar-refractivity contribution >= 4 is 15.8 Å². The summed E-state index contributed by atoms with van der Waals surface area (Å²) in [6.45, 7) is -0.421. The molecule has 0 spiro atoms. The largest absolute Gasteiger partial charge is 0.465 e. The molecule has 0 heterocycles. The van der Waals surface area contributed by atoms with E-state index in [4.69, 9.17) is 0 Å². The molecular weight excluding hydrogens is 587 g/mol. The molecule has 0 aromatic rings. The fourth-order valence-electron chi connectivity index (χ4n) is 2.05. The summed E-state index contributed by atoms with van der Waals surface area (Å²) in [4.78, 5) is 10.4. The van der Waals surface area contributed by atoms with Gasteiger partial charge in [-0.1, -0.05) is 0 Å². The van der Waals surface area contributed by atoms with Crippen molar-refractivity contribution in [3.8, 4) is 0 Å². The van der Waals surface area contributed by atoms with Gasteiger partial charge in [-0.2, -0.15) is 74.6 Å². The average Bonchev–Trinajstić information content (AvgIpc) is 2.64. The Balaban J connectivity index is 6.31. The van der Waals surface area contributed by atoms with Crippen molar-refractivity contribution in [3.05, 3.63) is 0 Å². The molecule has 0 aromatic heterocycles. The van der Waals surface area contributed by atoms with Crippen LogP contribution in [0.25, 0.3) is 0 Å². The second-order valence-corrected chi connectivity index (χ2v) is 9.19. The average molecular weight is 598 g/mol. The maximum absolute atomic E-state index is 13.6. The van der Waals surface area contributed by atoms with Crippen LogP contribution < -0.4 is 0 Å². The van der Waals surface area contributed by atoms with Gasteiger partial charge in [0.05, 0.1) is 11.5 Å². The van der Waals surface area contributed by atoms with Crippen LogP contribution >= 0.6 is 0 Å². The number of halogens is 17. The van der Waals surface area contributed by atoms with Gasteiger partial charge in [0.2, 0.25) is 0 Å². The predicted molar refractivity (Wildman–Crippen MR) is 80.6 cm³/mol. The molecule has 216 valence electrons. The second kappa shape index (κ2) is 9.52. The summed E-state index contributed by atoms with van der Waals surface area (Å²) in [5.74, 6) is -62.5. The Labute approximate surface area is 188 Å². The minimum Gasteiger partial charge on any atom is -0.465 e. The van der Waals surface area contributed by atoms with Crippen molar-refractivity contribution in [2.45, 2.75) is 61.0 Å². The lowest BCUT2D eigenvalue weighted by atomic mass is 9.88. The first-order valence-corrected chi connectivity index (χ1v) is 10.2. The van der Waals surface area contributed by atoms with E-state index in [9.17, 15) is 87.8 Å². The van der Waals surface area contributed by atoms with Crippen molar-refractivity contribution in [1.82, 2.24) is 0 Å². The third-order valence-corrected chi connectivity index (χ3v) is 5.83. The highest BCUT2D eigenvalue weighted by Gasteiger charge is 2.95. The molecule has 0 atom stereocenters. The Bertz CT molecular complexity index is 907. The molecule has 0 bridgehead atoms. The van der Waals surface area contributed by atoms with E-state index in [0.29, 0.717) is 6.92 Å². The first-order chi connectivity index (χ1) is 15.4. The number of alkyl halides is 17. The molecule has 0 saturated carbocycles. The van der Waals surface area contributed by atoms with Crippen LogP contribution in [0.3, 0.4) is 0 Å². The second-order valence-electron chi connectivity index (χ2n) is 6.89. The van der Waals surface area contributed by atoms with E-state index in [0.717, 1.165) is 0 Å². The zero-order valence-electron chi connectivity index (χ0n) is 16.8. The van der Waals surface area contributed by atoms with Crippen LogP contribution in [-0.2, 0) is 19.4 Å². The fraction of sp³-hybridized carbons (Fsp3) is 0.929. The number of carbonyl (C=O) groups excluding carboxylic acids is 1. The normalized spacial score (nSPS) is 15.7. The third-order valence-electron chi connectivity index (χ3n) is 4.21. The summed E-state index contributed by atoms with van der Waals surface area (Å²) in [6, 6.07) is 0. The van der Waals surface area contributed by atoms with E-state index in [1.807, 2.05) is 0 Å². The highest BCUT2D eigenvalue weighted by Crippen LogP contribution is 2.64. The molecular formula is C14H11F17O4S. The van der Waals surface area contributed by atoms with Gasteiger partial charge in [-0.25, -0.2) is 8.42 Å². The van der Waals surface area contributed by atoms with Crippen molar-refractivity contribution < 1.29 is 92.6 Å². The number of carbonyl (C=O) groups is 1. The lowest BCUT2D eigenvalue weighted by Gasteiger charge is -2.42. The van der Waals surface area contributed by atoms with Gasteiger partial charge in [-0.15, -0.1) is 0 Å². The zero-order valence-corrected chi connectivity index (χ0v) is 17.6. The maximum Gasteiger partial charge on any atom is 0.460 e. The summed E-state index contributed by atoms with van der Waals surface area (Å²) in [5, 5.41) is 0. The van der Waals surface area contributed by atoms with E-state index in [1.54, 1.807) is 0 Å². The molecule has 0 unspecified atom stereocenters. The number of esters is 1. The van der Waals surface area contributed by atoms with E-state index in [-0.39, 0.29) is 0 Å². The molecule has 0 aromatic carbocycles. The van der Waals surface area contributed by atoms with Gasteiger partial charge < -0.3 is 4.74 Å². The third kappa shape index (κ3) is 5.55. The van der Waals surface area contributed by atoms with E-state index in [1.165, 1.54) is 0 Å². The predicted octanol–water partition coefficient (Wildman–Crippen LogP) is 5.36. The molecule has 36 heavy (non-hydrogen) atoms. The van der Waals surface area contributed by atoms with Crippen LogP contribution in [0.2, 0.25) is 0 Å². The Morgan fingerprint density at radius 1 is 0.583 bits per heavy atom. The molecule has 4 nitrogen and oxygen atoms in total. The van der Waals surface area contributed by atoms with E-state index >= 15 is 0 Å². The first kappa shape index (κ1) is 34.2. The minimum atomic E-state index is -8.75. The molecule has 0 aliphatic carbocycles. The first-order valence-electron chi connectivity index (χ1n) is 8.42. The van der Waals surface area contributed by atoms with Crippen LogP contribution in [-0.4, -0.2) is 80.1 Å². The fourth-order valence-corrected chi connectivity index (χ4v) is 3.16. The molecule has 0 aliphatic rings. The molecule has 0 aliphatic heterocycles. The molecule has 22 heteroatoms. The summed E-state index contributed by atoms with van der Waals surface area (Å²) in [6.07, 6.45) is -11.0. The van der Waals surface area contributed by atoms with Gasteiger partial charge in [0, 0.05) is 13.3 Å². The lowest BCUT2D eigenvalue weighted by Crippen LogP contribution is -2.74. The summed E-state index contributed by atoms with van der Waals surface area (Å²) in [5.41, 5.74) is 0. The van der Waals surface area contributed by atoms with Gasteiger partial charge in [0.25, 0.3) is 0 Å². The zero-order chi connectivity index (χ0) is 29.6. The molecule has 0 N–H and O–H groups in total. The van der Waals surface area contributed by atoms with Crippen molar-refractivity contribution in [1.29, 1.82) is 0 Å². The van der Waals surface area contributed by atoms with Crippen LogP contribution in [0, 0.1) is 0 Å². The van der Waals surface area contributed by atoms with Crippen molar-refractivity contribution in [3.63, 3.8) is 0 Å².